The van der Waals surface area contributed by atoms with Crippen LogP contribution in [0.4, 0.5) is 13.2 Å². The normalized spacial score (nSPS) is 22.9. The van der Waals surface area contributed by atoms with Crippen LogP contribution in [0.15, 0.2) is 0 Å². The zero-order valence-corrected chi connectivity index (χ0v) is 7.90. The van der Waals surface area contributed by atoms with Gasteiger partial charge in [-0.1, -0.05) is 0 Å². The van der Waals surface area contributed by atoms with E-state index < -0.39 is 12.1 Å². The first-order valence-electron chi connectivity index (χ1n) is 4.44. The minimum absolute atomic E-state index is 0.0267. The average Bonchev–Trinajstić information content (AvgIpc) is 2.51. The van der Waals surface area contributed by atoms with Gasteiger partial charge in [0.1, 0.15) is 0 Å². The molecule has 6 heteroatoms. The monoisotopic (exact) mass is 210 g/mol. The first-order chi connectivity index (χ1) is 6.45. The molecule has 0 aromatic rings. The third-order valence-electron chi connectivity index (χ3n) is 2.33. The minimum atomic E-state index is -4.17. The number of amides is 1. The van der Waals surface area contributed by atoms with Crippen LogP contribution in [0, 0.1) is 5.92 Å². The highest BCUT2D eigenvalue weighted by Crippen LogP contribution is 2.33. The molecule has 82 valence electrons. The van der Waals surface area contributed by atoms with Gasteiger partial charge in [0.05, 0.1) is 12.5 Å². The molecular formula is C8H13F3N2O. The second kappa shape index (κ2) is 4.16. The Kier molecular flexibility index (Phi) is 3.36. The third kappa shape index (κ3) is 2.60. The van der Waals surface area contributed by atoms with Crippen molar-refractivity contribution in [2.24, 2.45) is 5.92 Å². The fourth-order valence-corrected chi connectivity index (χ4v) is 1.52. The van der Waals surface area contributed by atoms with Crippen LogP contribution < -0.4 is 5.32 Å². The van der Waals surface area contributed by atoms with Crippen molar-refractivity contribution < 1.29 is 18.0 Å². The Bertz CT molecular complexity index is 217. The van der Waals surface area contributed by atoms with E-state index >= 15 is 0 Å². The summed E-state index contributed by atoms with van der Waals surface area (Å²) in [5.41, 5.74) is 0. The summed E-state index contributed by atoms with van der Waals surface area (Å²) in [6.07, 6.45) is -4.15. The maximum atomic E-state index is 12.2. The van der Waals surface area contributed by atoms with E-state index in [-0.39, 0.29) is 32.0 Å². The van der Waals surface area contributed by atoms with E-state index in [1.807, 2.05) is 0 Å². The van der Waals surface area contributed by atoms with E-state index in [4.69, 9.17) is 0 Å². The number of rotatable bonds is 2. The van der Waals surface area contributed by atoms with Gasteiger partial charge in [-0.2, -0.15) is 13.2 Å². The standard InChI is InChI=1S/C8H13F3N2O/c1-12-4-7(14)13-3-2-6(5-13)8(9,10)11/h6,12H,2-5H2,1H3/t6-/m1/s1. The van der Waals surface area contributed by atoms with Crippen molar-refractivity contribution in [1.29, 1.82) is 0 Å². The summed E-state index contributed by atoms with van der Waals surface area (Å²) in [6, 6.07) is 0. The van der Waals surface area contributed by atoms with Crippen molar-refractivity contribution in [3.8, 4) is 0 Å². The molecule has 1 N–H and O–H groups in total. The van der Waals surface area contributed by atoms with Gasteiger partial charge in [-0.25, -0.2) is 0 Å². The van der Waals surface area contributed by atoms with E-state index in [2.05, 4.69) is 5.32 Å². The van der Waals surface area contributed by atoms with Gasteiger partial charge >= 0.3 is 6.18 Å². The molecule has 3 nitrogen and oxygen atoms in total. The third-order valence-corrected chi connectivity index (χ3v) is 2.33. The number of hydrogen-bond acceptors (Lipinski definition) is 2. The predicted molar refractivity (Wildman–Crippen MR) is 44.7 cm³/mol. The van der Waals surface area contributed by atoms with Gasteiger partial charge in [0, 0.05) is 13.1 Å². The van der Waals surface area contributed by atoms with Crippen LogP contribution in [0.25, 0.3) is 0 Å². The predicted octanol–water partition coefficient (Wildman–Crippen LogP) is 0.617. The summed E-state index contributed by atoms with van der Waals surface area (Å²) in [5.74, 6) is -1.61. The molecule has 1 rings (SSSR count). The minimum Gasteiger partial charge on any atom is -0.341 e. The molecule has 1 atom stereocenters. The van der Waals surface area contributed by atoms with Crippen molar-refractivity contribution in [2.45, 2.75) is 12.6 Å². The molecule has 0 unspecified atom stereocenters. The Morgan fingerprint density at radius 3 is 2.64 bits per heavy atom. The fraction of sp³-hybridized carbons (Fsp3) is 0.875. The number of likely N-dealkylation sites (tertiary alicyclic amines) is 1. The molecule has 1 heterocycles. The number of nitrogens with zero attached hydrogens (tertiary/aromatic N) is 1. The van der Waals surface area contributed by atoms with Gasteiger partial charge in [-0.05, 0) is 13.5 Å². The van der Waals surface area contributed by atoms with Crippen molar-refractivity contribution in [1.82, 2.24) is 10.2 Å². The molecule has 0 radical (unpaired) electrons. The number of likely N-dealkylation sites (N-methyl/N-ethyl adjacent to an activating group) is 1. The van der Waals surface area contributed by atoms with E-state index in [1.165, 1.54) is 4.90 Å². The average molecular weight is 210 g/mol. The van der Waals surface area contributed by atoms with Gasteiger partial charge in [0.25, 0.3) is 0 Å². The van der Waals surface area contributed by atoms with E-state index in [0.29, 0.717) is 0 Å². The molecule has 0 aromatic carbocycles. The van der Waals surface area contributed by atoms with E-state index in [0.717, 1.165) is 0 Å². The number of halogens is 3. The van der Waals surface area contributed by atoms with Gasteiger partial charge in [-0.15, -0.1) is 0 Å². The lowest BCUT2D eigenvalue weighted by Crippen LogP contribution is -2.36. The van der Waals surface area contributed by atoms with Crippen molar-refractivity contribution in [2.75, 3.05) is 26.7 Å². The Hall–Kier alpha value is -0.780. The fourth-order valence-electron chi connectivity index (χ4n) is 1.52. The molecule has 0 saturated carbocycles. The maximum absolute atomic E-state index is 12.2. The molecule has 1 saturated heterocycles. The molecule has 1 aliphatic heterocycles. The lowest BCUT2D eigenvalue weighted by Gasteiger charge is -2.17. The van der Waals surface area contributed by atoms with Crippen LogP contribution in [0.5, 0.6) is 0 Å². The van der Waals surface area contributed by atoms with Gasteiger partial charge < -0.3 is 10.2 Å². The van der Waals surface area contributed by atoms with Crippen LogP contribution in [0.2, 0.25) is 0 Å². The van der Waals surface area contributed by atoms with Crippen LogP contribution in [0.1, 0.15) is 6.42 Å². The first-order valence-corrected chi connectivity index (χ1v) is 4.44. The first kappa shape index (κ1) is 11.3. The SMILES string of the molecule is CNCC(=O)N1CC[C@@H](C(F)(F)F)C1. The van der Waals surface area contributed by atoms with Crippen LogP contribution in [0.3, 0.4) is 0 Å². The Morgan fingerprint density at radius 1 is 1.57 bits per heavy atom. The summed E-state index contributed by atoms with van der Waals surface area (Å²) in [4.78, 5) is 12.5. The smallest absolute Gasteiger partial charge is 0.341 e. The van der Waals surface area contributed by atoms with Gasteiger partial charge in [0.2, 0.25) is 5.91 Å². The molecule has 0 aromatic heterocycles. The van der Waals surface area contributed by atoms with Gasteiger partial charge in [-0.3, -0.25) is 4.79 Å². The molecule has 0 spiro atoms. The quantitative estimate of drug-likeness (QED) is 0.724. The largest absolute Gasteiger partial charge is 0.393 e. The highest BCUT2D eigenvalue weighted by atomic mass is 19.4. The summed E-state index contributed by atoms with van der Waals surface area (Å²) < 4.78 is 36.7. The topological polar surface area (TPSA) is 32.3 Å². The lowest BCUT2D eigenvalue weighted by molar-refractivity contribution is -0.171. The Labute approximate surface area is 80.3 Å². The highest BCUT2D eigenvalue weighted by molar-refractivity contribution is 5.78. The van der Waals surface area contributed by atoms with Crippen molar-refractivity contribution >= 4 is 5.91 Å². The molecule has 1 amide bonds. The van der Waals surface area contributed by atoms with E-state index in [9.17, 15) is 18.0 Å². The Morgan fingerprint density at radius 2 is 2.21 bits per heavy atom. The molecule has 0 bridgehead atoms. The van der Waals surface area contributed by atoms with Crippen molar-refractivity contribution in [3.63, 3.8) is 0 Å². The summed E-state index contributed by atoms with van der Waals surface area (Å²) in [6.45, 7) is 0.124. The number of carbonyl (C=O) groups excluding carboxylic acids is 1. The number of hydrogen-bond donors (Lipinski definition) is 1. The zero-order chi connectivity index (χ0) is 10.8. The maximum Gasteiger partial charge on any atom is 0.393 e. The number of alkyl halides is 3. The van der Waals surface area contributed by atoms with Crippen LogP contribution >= 0.6 is 0 Å². The zero-order valence-electron chi connectivity index (χ0n) is 7.90. The van der Waals surface area contributed by atoms with Crippen LogP contribution in [-0.2, 0) is 4.79 Å². The molecule has 1 fully saturated rings. The molecule has 0 aliphatic carbocycles. The summed E-state index contributed by atoms with van der Waals surface area (Å²) in [5, 5.41) is 2.63. The van der Waals surface area contributed by atoms with Crippen LogP contribution in [-0.4, -0.2) is 43.7 Å². The molecular weight excluding hydrogens is 197 g/mol. The Balaban J connectivity index is 2.45. The lowest BCUT2D eigenvalue weighted by atomic mass is 10.1. The second-order valence-electron chi connectivity index (χ2n) is 3.40. The molecule has 14 heavy (non-hydrogen) atoms. The molecule has 1 aliphatic rings. The number of nitrogens with one attached hydrogen (secondary N) is 1. The summed E-state index contributed by atoms with van der Waals surface area (Å²) >= 11 is 0. The van der Waals surface area contributed by atoms with Crippen molar-refractivity contribution in [3.05, 3.63) is 0 Å². The van der Waals surface area contributed by atoms with Gasteiger partial charge in [0.15, 0.2) is 0 Å². The van der Waals surface area contributed by atoms with E-state index in [1.54, 1.807) is 7.05 Å². The summed E-state index contributed by atoms with van der Waals surface area (Å²) in [7, 11) is 1.59. The highest BCUT2D eigenvalue weighted by Gasteiger charge is 2.44. The second-order valence-corrected chi connectivity index (χ2v) is 3.40. The number of carbonyl (C=O) groups is 1.